The lowest BCUT2D eigenvalue weighted by Gasteiger charge is -2.34. The van der Waals surface area contributed by atoms with Gasteiger partial charge in [0.15, 0.2) is 11.5 Å². The summed E-state index contributed by atoms with van der Waals surface area (Å²) in [6.07, 6.45) is 1.81. The van der Waals surface area contributed by atoms with Crippen LogP contribution < -0.4 is 14.8 Å². The Hall–Kier alpha value is -2.66. The van der Waals surface area contributed by atoms with Gasteiger partial charge in [-0.1, -0.05) is 6.07 Å². The highest BCUT2D eigenvalue weighted by Gasteiger charge is 2.27. The summed E-state index contributed by atoms with van der Waals surface area (Å²) in [4.78, 5) is 17.3. The molecule has 1 amide bonds. The Balaban J connectivity index is 1.08. The molecular weight excluding hydrogens is 456 g/mol. The quantitative estimate of drug-likeness (QED) is 0.640. The lowest BCUT2D eigenvalue weighted by Crippen LogP contribution is -2.48. The summed E-state index contributed by atoms with van der Waals surface area (Å²) in [7, 11) is -3.44. The topological polar surface area (TPSA) is 91.4 Å². The molecule has 10 heteroatoms. The monoisotopic (exact) mass is 486 g/mol. The summed E-state index contributed by atoms with van der Waals surface area (Å²) >= 11 is 0. The molecule has 0 aromatic heterocycles. The zero-order valence-corrected chi connectivity index (χ0v) is 19.9. The minimum absolute atomic E-state index is 0.0978. The van der Waals surface area contributed by atoms with E-state index in [1.165, 1.54) is 9.87 Å². The Kier molecular flexibility index (Phi) is 6.73. The van der Waals surface area contributed by atoms with Crippen molar-refractivity contribution in [1.29, 1.82) is 0 Å². The Morgan fingerprint density at radius 2 is 1.53 bits per heavy atom. The first-order valence-corrected chi connectivity index (χ1v) is 13.1. The fraction of sp³-hybridized carbons (Fsp3) is 0.458. The van der Waals surface area contributed by atoms with Crippen LogP contribution in [0.25, 0.3) is 0 Å². The average molecular weight is 487 g/mol. The largest absolute Gasteiger partial charge is 0.454 e. The number of hydrogen-bond acceptors (Lipinski definition) is 7. The molecule has 0 bridgehead atoms. The van der Waals surface area contributed by atoms with E-state index in [0.717, 1.165) is 57.1 Å². The van der Waals surface area contributed by atoms with Gasteiger partial charge in [0.05, 0.1) is 11.4 Å². The number of sulfonamides is 1. The lowest BCUT2D eigenvalue weighted by molar-refractivity contribution is -0.117. The molecule has 0 atom stereocenters. The number of carbonyl (C=O) groups excluding carboxylic acids is 1. The van der Waals surface area contributed by atoms with Crippen LogP contribution in [0.15, 0.2) is 47.4 Å². The van der Waals surface area contributed by atoms with Gasteiger partial charge in [-0.2, -0.15) is 4.31 Å². The zero-order valence-electron chi connectivity index (χ0n) is 19.1. The van der Waals surface area contributed by atoms with Gasteiger partial charge >= 0.3 is 0 Å². The SMILES string of the molecule is O=C(CN1CCN(Cc2ccc3c(c2)OCO3)CC1)Nc1ccc(S(=O)(=O)N2CCCC2)cc1. The van der Waals surface area contributed by atoms with Gasteiger partial charge in [0.2, 0.25) is 22.7 Å². The summed E-state index contributed by atoms with van der Waals surface area (Å²) in [6, 6.07) is 12.5. The molecule has 0 aliphatic carbocycles. The van der Waals surface area contributed by atoms with Crippen molar-refractivity contribution >= 4 is 21.6 Å². The van der Waals surface area contributed by atoms with Crippen molar-refractivity contribution in [1.82, 2.24) is 14.1 Å². The van der Waals surface area contributed by atoms with E-state index in [9.17, 15) is 13.2 Å². The first-order chi connectivity index (χ1) is 16.5. The molecule has 0 spiro atoms. The summed E-state index contributed by atoms with van der Waals surface area (Å²) in [5.74, 6) is 1.50. The molecule has 2 aromatic carbocycles. The second kappa shape index (κ2) is 9.91. The van der Waals surface area contributed by atoms with Crippen molar-refractivity contribution in [2.45, 2.75) is 24.3 Å². The van der Waals surface area contributed by atoms with Gasteiger partial charge in [0, 0.05) is 51.5 Å². The van der Waals surface area contributed by atoms with Crippen molar-refractivity contribution in [3.63, 3.8) is 0 Å². The first-order valence-electron chi connectivity index (χ1n) is 11.7. The molecule has 2 aromatic rings. The van der Waals surface area contributed by atoms with E-state index in [2.05, 4.69) is 21.2 Å². The fourth-order valence-corrected chi connectivity index (χ4v) is 6.11. The van der Waals surface area contributed by atoms with Crippen molar-refractivity contribution in [2.75, 3.05) is 57.9 Å². The van der Waals surface area contributed by atoms with Crippen LogP contribution in [0.1, 0.15) is 18.4 Å². The van der Waals surface area contributed by atoms with Gasteiger partial charge in [-0.25, -0.2) is 8.42 Å². The van der Waals surface area contributed by atoms with E-state index >= 15 is 0 Å². The number of benzene rings is 2. The van der Waals surface area contributed by atoms with Gasteiger partial charge < -0.3 is 14.8 Å². The maximum atomic E-state index is 12.6. The minimum atomic E-state index is -3.44. The Bertz CT molecular complexity index is 1120. The smallest absolute Gasteiger partial charge is 0.243 e. The molecular formula is C24H30N4O5S. The van der Waals surface area contributed by atoms with Gasteiger partial charge in [0.25, 0.3) is 0 Å². The van der Waals surface area contributed by atoms with Crippen LogP contribution in [0.3, 0.4) is 0 Å². The maximum Gasteiger partial charge on any atom is 0.243 e. The molecule has 34 heavy (non-hydrogen) atoms. The molecule has 0 radical (unpaired) electrons. The minimum Gasteiger partial charge on any atom is -0.454 e. The molecule has 0 saturated carbocycles. The van der Waals surface area contributed by atoms with Crippen molar-refractivity contribution in [3.05, 3.63) is 48.0 Å². The number of fused-ring (bicyclic) bond motifs is 1. The highest BCUT2D eigenvalue weighted by Crippen LogP contribution is 2.32. The summed E-state index contributed by atoms with van der Waals surface area (Å²) < 4.78 is 37.6. The molecule has 5 rings (SSSR count). The molecule has 182 valence electrons. The van der Waals surface area contributed by atoms with Gasteiger partial charge in [0.1, 0.15) is 0 Å². The van der Waals surface area contributed by atoms with Crippen LogP contribution >= 0.6 is 0 Å². The highest BCUT2D eigenvalue weighted by molar-refractivity contribution is 7.89. The Morgan fingerprint density at radius 3 is 2.26 bits per heavy atom. The van der Waals surface area contributed by atoms with E-state index in [1.807, 2.05) is 12.1 Å². The molecule has 0 unspecified atom stereocenters. The van der Waals surface area contributed by atoms with Crippen LogP contribution in [-0.2, 0) is 21.4 Å². The number of hydrogen-bond donors (Lipinski definition) is 1. The van der Waals surface area contributed by atoms with E-state index in [1.54, 1.807) is 24.3 Å². The van der Waals surface area contributed by atoms with Crippen LogP contribution in [0.2, 0.25) is 0 Å². The number of rotatable bonds is 7. The van der Waals surface area contributed by atoms with Gasteiger partial charge in [-0.15, -0.1) is 0 Å². The maximum absolute atomic E-state index is 12.6. The molecule has 1 N–H and O–H groups in total. The number of anilines is 1. The van der Waals surface area contributed by atoms with Crippen LogP contribution in [0.5, 0.6) is 11.5 Å². The third kappa shape index (κ3) is 5.20. The normalized spacial score (nSPS) is 19.4. The summed E-state index contributed by atoms with van der Waals surface area (Å²) in [5, 5.41) is 2.88. The number of piperazine rings is 1. The standard InChI is InChI=1S/C24H30N4O5S/c29-24(25-20-4-6-21(7-5-20)34(30,31)28-9-1-2-10-28)17-27-13-11-26(12-14-27)16-19-3-8-22-23(15-19)33-18-32-22/h3-8,15H,1-2,9-14,16-18H2,(H,25,29). The molecule has 3 heterocycles. The molecule has 9 nitrogen and oxygen atoms in total. The number of ether oxygens (including phenoxy) is 2. The molecule has 2 fully saturated rings. The van der Waals surface area contributed by atoms with Crippen molar-refractivity contribution in [3.8, 4) is 11.5 Å². The Labute approximate surface area is 200 Å². The van der Waals surface area contributed by atoms with Crippen LogP contribution in [0.4, 0.5) is 5.69 Å². The predicted molar refractivity (Wildman–Crippen MR) is 127 cm³/mol. The second-order valence-corrected chi connectivity index (χ2v) is 10.9. The summed E-state index contributed by atoms with van der Waals surface area (Å²) in [6.45, 7) is 5.96. The number of nitrogens with one attached hydrogen (secondary N) is 1. The average Bonchev–Trinajstić information content (AvgIpc) is 3.53. The van der Waals surface area contributed by atoms with Crippen LogP contribution in [-0.4, -0.2) is 81.0 Å². The molecule has 3 aliphatic rings. The number of amides is 1. The van der Waals surface area contributed by atoms with Crippen molar-refractivity contribution in [2.24, 2.45) is 0 Å². The fourth-order valence-electron chi connectivity index (χ4n) is 4.59. The van der Waals surface area contributed by atoms with E-state index in [-0.39, 0.29) is 17.6 Å². The molecule has 3 aliphatic heterocycles. The highest BCUT2D eigenvalue weighted by atomic mass is 32.2. The van der Waals surface area contributed by atoms with E-state index < -0.39 is 10.0 Å². The van der Waals surface area contributed by atoms with Crippen molar-refractivity contribution < 1.29 is 22.7 Å². The lowest BCUT2D eigenvalue weighted by atomic mass is 10.1. The number of nitrogens with zero attached hydrogens (tertiary/aromatic N) is 3. The van der Waals surface area contributed by atoms with E-state index in [4.69, 9.17) is 9.47 Å². The Morgan fingerprint density at radius 1 is 0.853 bits per heavy atom. The number of carbonyl (C=O) groups is 1. The van der Waals surface area contributed by atoms with E-state index in [0.29, 0.717) is 25.3 Å². The van der Waals surface area contributed by atoms with Gasteiger partial charge in [-0.3, -0.25) is 14.6 Å². The predicted octanol–water partition coefficient (Wildman–Crippen LogP) is 1.96. The van der Waals surface area contributed by atoms with Gasteiger partial charge in [-0.05, 0) is 54.8 Å². The second-order valence-electron chi connectivity index (χ2n) is 8.92. The molecule has 2 saturated heterocycles. The third-order valence-electron chi connectivity index (χ3n) is 6.52. The first kappa shape index (κ1) is 23.1. The zero-order chi connectivity index (χ0) is 23.5. The van der Waals surface area contributed by atoms with Crippen LogP contribution in [0, 0.1) is 0 Å². The third-order valence-corrected chi connectivity index (χ3v) is 8.43. The summed E-state index contributed by atoms with van der Waals surface area (Å²) in [5.41, 5.74) is 1.79.